The first-order valence-electron chi connectivity index (χ1n) is 7.41. The number of hydrogen-bond acceptors (Lipinski definition) is 4. The van der Waals surface area contributed by atoms with Crippen molar-refractivity contribution in [1.82, 2.24) is 5.32 Å². The predicted molar refractivity (Wildman–Crippen MR) is 89.0 cm³/mol. The molecule has 0 aromatic heterocycles. The van der Waals surface area contributed by atoms with Gasteiger partial charge in [-0.2, -0.15) is 0 Å². The van der Waals surface area contributed by atoms with Gasteiger partial charge in [-0.1, -0.05) is 24.3 Å². The molecule has 25 heavy (non-hydrogen) atoms. The summed E-state index contributed by atoms with van der Waals surface area (Å²) in [4.78, 5) is 35.0. The van der Waals surface area contributed by atoms with Crippen LogP contribution in [-0.4, -0.2) is 41.2 Å². The molecule has 2 rings (SSSR count). The number of carboxylic acids is 2. The zero-order chi connectivity index (χ0) is 18.4. The number of aliphatic carboxylic acids is 1. The van der Waals surface area contributed by atoms with E-state index >= 15 is 0 Å². The maximum atomic E-state index is 12.3. The molecule has 2 aromatic carbocycles. The van der Waals surface area contributed by atoms with Crippen molar-refractivity contribution in [3.05, 3.63) is 65.2 Å². The molecule has 7 nitrogen and oxygen atoms in total. The highest BCUT2D eigenvalue weighted by molar-refractivity contribution is 6.05. The number of aromatic carboxylic acids is 1. The van der Waals surface area contributed by atoms with Crippen molar-refractivity contribution in [3.8, 4) is 5.75 Å². The van der Waals surface area contributed by atoms with Crippen LogP contribution in [-0.2, 0) is 11.2 Å². The second kappa shape index (κ2) is 7.96. The Hall–Kier alpha value is -3.35. The van der Waals surface area contributed by atoms with Gasteiger partial charge in [-0.25, -0.2) is 9.59 Å². The maximum Gasteiger partial charge on any atom is 0.336 e. The number of carbonyl (C=O) groups is 3. The summed E-state index contributed by atoms with van der Waals surface area (Å²) in [6, 6.07) is 11.2. The molecule has 3 N–H and O–H groups in total. The fourth-order valence-electron chi connectivity index (χ4n) is 2.30. The minimum absolute atomic E-state index is 0.0559. The highest BCUT2D eigenvalue weighted by Crippen LogP contribution is 2.14. The summed E-state index contributed by atoms with van der Waals surface area (Å²) >= 11 is 0. The summed E-state index contributed by atoms with van der Waals surface area (Å²) in [7, 11) is 1.52. The van der Waals surface area contributed by atoms with Gasteiger partial charge >= 0.3 is 11.9 Å². The van der Waals surface area contributed by atoms with Gasteiger partial charge in [-0.05, 0) is 29.8 Å². The van der Waals surface area contributed by atoms with E-state index in [0.717, 1.165) is 0 Å². The van der Waals surface area contributed by atoms with Crippen molar-refractivity contribution < 1.29 is 29.3 Å². The molecule has 0 bridgehead atoms. The highest BCUT2D eigenvalue weighted by Gasteiger charge is 2.23. The molecular weight excluding hydrogens is 326 g/mol. The Kier molecular flexibility index (Phi) is 5.73. The van der Waals surface area contributed by atoms with Crippen LogP contribution in [0.15, 0.2) is 48.5 Å². The molecule has 2 aromatic rings. The second-order valence-electron chi connectivity index (χ2n) is 5.27. The molecule has 0 fully saturated rings. The number of methoxy groups -OCH3 is 1. The van der Waals surface area contributed by atoms with Crippen LogP contribution in [0.2, 0.25) is 0 Å². The molecule has 7 heteroatoms. The monoisotopic (exact) mass is 343 g/mol. The van der Waals surface area contributed by atoms with Gasteiger partial charge in [0.1, 0.15) is 11.8 Å². The lowest BCUT2D eigenvalue weighted by molar-refractivity contribution is -0.139. The first kappa shape index (κ1) is 18.0. The number of nitrogens with one attached hydrogen (secondary N) is 1. The van der Waals surface area contributed by atoms with Crippen LogP contribution in [0.3, 0.4) is 0 Å². The molecule has 0 saturated heterocycles. The summed E-state index contributed by atoms with van der Waals surface area (Å²) in [6.45, 7) is 0. The first-order valence-corrected chi connectivity index (χ1v) is 7.41. The van der Waals surface area contributed by atoms with Crippen LogP contribution in [0.4, 0.5) is 0 Å². The Morgan fingerprint density at radius 2 is 1.60 bits per heavy atom. The summed E-state index contributed by atoms with van der Waals surface area (Å²) in [6.07, 6.45) is 0.0559. The van der Waals surface area contributed by atoms with E-state index in [9.17, 15) is 19.5 Å². The average Bonchev–Trinajstić information content (AvgIpc) is 2.61. The van der Waals surface area contributed by atoms with Gasteiger partial charge in [0.05, 0.1) is 18.2 Å². The first-order chi connectivity index (χ1) is 11.9. The standard InChI is InChI=1S/C18H17NO6/c1-25-12-8-6-11(7-9-12)10-15(18(23)24)19-16(20)13-4-2-3-5-14(13)17(21)22/h2-9,15H,10H2,1H3,(H,19,20)(H,21,22)(H,23,24)/t15-/m0/s1. The van der Waals surface area contributed by atoms with Crippen LogP contribution in [0.1, 0.15) is 26.3 Å². The lowest BCUT2D eigenvalue weighted by Gasteiger charge is -2.15. The second-order valence-corrected chi connectivity index (χ2v) is 5.27. The van der Waals surface area contributed by atoms with E-state index in [1.807, 2.05) is 0 Å². The zero-order valence-electron chi connectivity index (χ0n) is 13.4. The van der Waals surface area contributed by atoms with Crippen LogP contribution in [0.25, 0.3) is 0 Å². The predicted octanol–water partition coefficient (Wildman–Crippen LogP) is 1.82. The fraction of sp³-hybridized carbons (Fsp3) is 0.167. The van der Waals surface area contributed by atoms with E-state index in [2.05, 4.69) is 5.32 Å². The molecule has 0 aliphatic rings. The normalized spacial score (nSPS) is 11.4. The van der Waals surface area contributed by atoms with Gasteiger partial charge in [0.15, 0.2) is 0 Å². The smallest absolute Gasteiger partial charge is 0.336 e. The lowest BCUT2D eigenvalue weighted by atomic mass is 10.0. The number of amides is 1. The summed E-state index contributed by atoms with van der Waals surface area (Å²) in [5, 5.41) is 20.9. The van der Waals surface area contributed by atoms with Gasteiger partial charge in [0.2, 0.25) is 0 Å². The van der Waals surface area contributed by atoms with Crippen molar-refractivity contribution >= 4 is 17.8 Å². The summed E-state index contributed by atoms with van der Waals surface area (Å²) < 4.78 is 5.04. The van der Waals surface area contributed by atoms with E-state index in [1.54, 1.807) is 24.3 Å². The Bertz CT molecular complexity index is 784. The van der Waals surface area contributed by atoms with E-state index in [1.165, 1.54) is 31.4 Å². The number of carboxylic acid groups (broad SMARTS) is 2. The highest BCUT2D eigenvalue weighted by atomic mass is 16.5. The Morgan fingerprint density at radius 1 is 1.00 bits per heavy atom. The van der Waals surface area contributed by atoms with Crippen LogP contribution < -0.4 is 10.1 Å². The van der Waals surface area contributed by atoms with Crippen molar-refractivity contribution in [2.24, 2.45) is 0 Å². The lowest BCUT2D eigenvalue weighted by Crippen LogP contribution is -2.42. The topological polar surface area (TPSA) is 113 Å². The minimum atomic E-state index is -1.26. The van der Waals surface area contributed by atoms with Crippen molar-refractivity contribution in [2.75, 3.05) is 7.11 Å². The largest absolute Gasteiger partial charge is 0.497 e. The van der Waals surface area contributed by atoms with Crippen LogP contribution >= 0.6 is 0 Å². The molecule has 0 saturated carbocycles. The van der Waals surface area contributed by atoms with Gasteiger partial charge in [0, 0.05) is 6.42 Å². The molecular formula is C18H17NO6. The molecule has 0 aliphatic heterocycles. The van der Waals surface area contributed by atoms with Gasteiger partial charge in [-0.15, -0.1) is 0 Å². The van der Waals surface area contributed by atoms with E-state index in [-0.39, 0.29) is 17.5 Å². The Morgan fingerprint density at radius 3 is 2.12 bits per heavy atom. The van der Waals surface area contributed by atoms with Crippen LogP contribution in [0.5, 0.6) is 5.75 Å². The third-order valence-corrected chi connectivity index (χ3v) is 3.60. The molecule has 0 heterocycles. The number of benzene rings is 2. The minimum Gasteiger partial charge on any atom is -0.497 e. The van der Waals surface area contributed by atoms with Gasteiger partial charge in [0.25, 0.3) is 5.91 Å². The molecule has 0 unspecified atom stereocenters. The van der Waals surface area contributed by atoms with Gasteiger partial charge < -0.3 is 20.3 Å². The maximum absolute atomic E-state index is 12.3. The molecule has 1 amide bonds. The van der Waals surface area contributed by atoms with Gasteiger partial charge in [-0.3, -0.25) is 4.79 Å². The number of carbonyl (C=O) groups excluding carboxylic acids is 1. The summed E-state index contributed by atoms with van der Waals surface area (Å²) in [5.41, 5.74) is 0.421. The number of hydrogen-bond donors (Lipinski definition) is 3. The van der Waals surface area contributed by atoms with E-state index in [4.69, 9.17) is 9.84 Å². The fourth-order valence-corrected chi connectivity index (χ4v) is 2.30. The van der Waals surface area contributed by atoms with Crippen molar-refractivity contribution in [2.45, 2.75) is 12.5 Å². The molecule has 0 radical (unpaired) electrons. The van der Waals surface area contributed by atoms with Crippen molar-refractivity contribution in [3.63, 3.8) is 0 Å². The third-order valence-electron chi connectivity index (χ3n) is 3.60. The molecule has 1 atom stereocenters. The molecule has 0 aliphatic carbocycles. The zero-order valence-corrected chi connectivity index (χ0v) is 13.4. The number of rotatable bonds is 7. The Balaban J connectivity index is 2.17. The van der Waals surface area contributed by atoms with Crippen molar-refractivity contribution in [1.29, 1.82) is 0 Å². The molecule has 130 valence electrons. The van der Waals surface area contributed by atoms with E-state index < -0.39 is 23.9 Å². The Labute approximate surface area is 143 Å². The van der Waals surface area contributed by atoms with E-state index in [0.29, 0.717) is 11.3 Å². The number of ether oxygens (including phenoxy) is 1. The third kappa shape index (κ3) is 4.57. The summed E-state index contributed by atoms with van der Waals surface area (Å²) in [5.74, 6) is -2.58. The average molecular weight is 343 g/mol. The van der Waals surface area contributed by atoms with Crippen LogP contribution in [0, 0.1) is 0 Å². The SMILES string of the molecule is COc1ccc(C[C@H](NC(=O)c2ccccc2C(=O)O)C(=O)O)cc1. The quantitative estimate of drug-likeness (QED) is 0.707. The molecule has 0 spiro atoms.